The van der Waals surface area contributed by atoms with Crippen molar-refractivity contribution in [3.8, 4) is 0 Å². The molecule has 2 aromatic rings. The molecule has 0 aliphatic carbocycles. The standard InChI is InChI=1S/C20H24FN3O/c1-23-11-9-17(20(23)16-7-5-10-22-13-16)14-24(2)19(25)12-15-6-3-4-8-18(15)21/h3-8,10,13,17,20H,9,11-12,14H2,1-2H3/t17-,20-/m0/s1. The van der Waals surface area contributed by atoms with Crippen LogP contribution in [0.25, 0.3) is 0 Å². The third kappa shape index (κ3) is 4.04. The Balaban J connectivity index is 1.66. The number of hydrogen-bond acceptors (Lipinski definition) is 3. The van der Waals surface area contributed by atoms with Crippen molar-refractivity contribution in [1.82, 2.24) is 14.8 Å². The van der Waals surface area contributed by atoms with Crippen LogP contribution in [0.5, 0.6) is 0 Å². The Morgan fingerprint density at radius 1 is 1.32 bits per heavy atom. The van der Waals surface area contributed by atoms with Crippen LogP contribution in [0, 0.1) is 11.7 Å². The second-order valence-electron chi connectivity index (χ2n) is 6.80. The minimum atomic E-state index is -0.321. The molecule has 1 fully saturated rings. The average Bonchev–Trinajstić information content (AvgIpc) is 2.98. The van der Waals surface area contributed by atoms with Gasteiger partial charge in [0.25, 0.3) is 0 Å². The van der Waals surface area contributed by atoms with E-state index in [4.69, 9.17) is 0 Å². The molecule has 1 saturated heterocycles. The van der Waals surface area contributed by atoms with Gasteiger partial charge in [0.15, 0.2) is 0 Å². The van der Waals surface area contributed by atoms with Crippen LogP contribution in [0.15, 0.2) is 48.8 Å². The minimum absolute atomic E-state index is 0.0513. The number of carbonyl (C=O) groups is 1. The van der Waals surface area contributed by atoms with Gasteiger partial charge in [-0.2, -0.15) is 0 Å². The average molecular weight is 341 g/mol. The van der Waals surface area contributed by atoms with E-state index in [9.17, 15) is 9.18 Å². The maximum atomic E-state index is 13.8. The number of nitrogens with zero attached hydrogens (tertiary/aromatic N) is 3. The van der Waals surface area contributed by atoms with E-state index in [-0.39, 0.29) is 24.2 Å². The number of benzene rings is 1. The number of carbonyl (C=O) groups excluding carboxylic acids is 1. The van der Waals surface area contributed by atoms with Gasteiger partial charge in [-0.1, -0.05) is 24.3 Å². The van der Waals surface area contributed by atoms with E-state index in [1.807, 2.05) is 19.3 Å². The van der Waals surface area contributed by atoms with Crippen molar-refractivity contribution < 1.29 is 9.18 Å². The molecule has 1 aliphatic rings. The Morgan fingerprint density at radius 2 is 2.12 bits per heavy atom. The Bertz CT molecular complexity index is 722. The highest BCUT2D eigenvalue weighted by atomic mass is 19.1. The normalized spacial score (nSPS) is 20.6. The first-order chi connectivity index (χ1) is 12.1. The molecule has 0 bridgehead atoms. The number of halogens is 1. The number of rotatable bonds is 5. The molecule has 132 valence electrons. The number of pyridine rings is 1. The number of aromatic nitrogens is 1. The topological polar surface area (TPSA) is 36.4 Å². The quantitative estimate of drug-likeness (QED) is 0.839. The first-order valence-corrected chi connectivity index (χ1v) is 8.64. The van der Waals surface area contributed by atoms with E-state index in [1.54, 1.807) is 29.3 Å². The van der Waals surface area contributed by atoms with Crippen molar-refractivity contribution in [1.29, 1.82) is 0 Å². The van der Waals surface area contributed by atoms with Gasteiger partial charge in [-0.3, -0.25) is 14.7 Å². The lowest BCUT2D eigenvalue weighted by Crippen LogP contribution is -2.35. The van der Waals surface area contributed by atoms with Gasteiger partial charge in [0, 0.05) is 32.0 Å². The smallest absolute Gasteiger partial charge is 0.226 e. The summed E-state index contributed by atoms with van der Waals surface area (Å²) >= 11 is 0. The molecule has 0 spiro atoms. The molecule has 1 amide bonds. The molecule has 0 unspecified atom stereocenters. The molecule has 2 heterocycles. The van der Waals surface area contributed by atoms with Crippen molar-refractivity contribution in [2.45, 2.75) is 18.9 Å². The number of likely N-dealkylation sites (N-methyl/N-ethyl adjacent to an activating group) is 1. The minimum Gasteiger partial charge on any atom is -0.345 e. The van der Waals surface area contributed by atoms with E-state index in [2.05, 4.69) is 23.0 Å². The van der Waals surface area contributed by atoms with Crippen molar-refractivity contribution in [3.05, 3.63) is 65.7 Å². The second-order valence-corrected chi connectivity index (χ2v) is 6.80. The molecule has 4 nitrogen and oxygen atoms in total. The van der Waals surface area contributed by atoms with Crippen molar-refractivity contribution in [3.63, 3.8) is 0 Å². The Morgan fingerprint density at radius 3 is 2.84 bits per heavy atom. The first-order valence-electron chi connectivity index (χ1n) is 8.64. The monoisotopic (exact) mass is 341 g/mol. The molecule has 3 rings (SSSR count). The highest BCUT2D eigenvalue weighted by Gasteiger charge is 2.34. The fraction of sp³-hybridized carbons (Fsp3) is 0.400. The summed E-state index contributed by atoms with van der Waals surface area (Å²) in [5.74, 6) is -0.0218. The Labute approximate surface area is 148 Å². The SMILES string of the molecule is CN(C[C@@H]1CCN(C)[C@H]1c1cccnc1)C(=O)Cc1ccccc1F. The van der Waals surface area contributed by atoms with E-state index < -0.39 is 0 Å². The van der Waals surface area contributed by atoms with E-state index in [0.29, 0.717) is 18.0 Å². The van der Waals surface area contributed by atoms with Crippen LogP contribution >= 0.6 is 0 Å². The molecule has 2 atom stereocenters. The molecule has 5 heteroatoms. The van der Waals surface area contributed by atoms with Crippen LogP contribution in [0.1, 0.15) is 23.6 Å². The summed E-state index contributed by atoms with van der Waals surface area (Å²) in [7, 11) is 3.92. The van der Waals surface area contributed by atoms with Gasteiger partial charge in [-0.15, -0.1) is 0 Å². The van der Waals surface area contributed by atoms with Gasteiger partial charge in [0.1, 0.15) is 5.82 Å². The summed E-state index contributed by atoms with van der Waals surface area (Å²) in [6.45, 7) is 1.66. The third-order valence-corrected chi connectivity index (χ3v) is 5.03. The predicted molar refractivity (Wildman–Crippen MR) is 95.5 cm³/mol. The summed E-state index contributed by atoms with van der Waals surface area (Å²) in [6, 6.07) is 10.8. The molecule has 1 aliphatic heterocycles. The van der Waals surface area contributed by atoms with Crippen LogP contribution in [0.4, 0.5) is 4.39 Å². The van der Waals surface area contributed by atoms with Crippen LogP contribution < -0.4 is 0 Å². The summed E-state index contributed by atoms with van der Waals surface area (Å²) in [5, 5.41) is 0. The number of hydrogen-bond donors (Lipinski definition) is 0. The van der Waals surface area contributed by atoms with Crippen molar-refractivity contribution >= 4 is 5.91 Å². The second kappa shape index (κ2) is 7.74. The zero-order valence-electron chi connectivity index (χ0n) is 14.7. The van der Waals surface area contributed by atoms with Crippen LogP contribution in [0.2, 0.25) is 0 Å². The molecule has 25 heavy (non-hydrogen) atoms. The van der Waals surface area contributed by atoms with Crippen molar-refractivity contribution in [2.75, 3.05) is 27.2 Å². The lowest BCUT2D eigenvalue weighted by atomic mass is 9.94. The molecule has 1 aromatic carbocycles. The molecular formula is C20H24FN3O. The van der Waals surface area contributed by atoms with Gasteiger partial charge < -0.3 is 4.90 Å². The third-order valence-electron chi connectivity index (χ3n) is 5.03. The maximum Gasteiger partial charge on any atom is 0.226 e. The summed E-state index contributed by atoms with van der Waals surface area (Å²) in [6.07, 6.45) is 4.81. The van der Waals surface area contributed by atoms with Crippen molar-refractivity contribution in [2.24, 2.45) is 5.92 Å². The molecule has 1 aromatic heterocycles. The Hall–Kier alpha value is -2.27. The lowest BCUT2D eigenvalue weighted by molar-refractivity contribution is -0.129. The summed E-state index contributed by atoms with van der Waals surface area (Å²) < 4.78 is 13.8. The van der Waals surface area contributed by atoms with E-state index in [0.717, 1.165) is 13.0 Å². The lowest BCUT2D eigenvalue weighted by Gasteiger charge is -2.28. The van der Waals surface area contributed by atoms with Gasteiger partial charge in [-0.25, -0.2) is 4.39 Å². The molecule has 0 radical (unpaired) electrons. The van der Waals surface area contributed by atoms with Gasteiger partial charge in [0.2, 0.25) is 5.91 Å². The molecule has 0 saturated carbocycles. The zero-order valence-corrected chi connectivity index (χ0v) is 14.7. The van der Waals surface area contributed by atoms with Crippen LogP contribution in [-0.4, -0.2) is 47.9 Å². The van der Waals surface area contributed by atoms with Crippen LogP contribution in [-0.2, 0) is 11.2 Å². The Kier molecular flexibility index (Phi) is 5.43. The maximum absolute atomic E-state index is 13.8. The fourth-order valence-corrected chi connectivity index (χ4v) is 3.69. The predicted octanol–water partition coefficient (Wildman–Crippen LogP) is 2.91. The zero-order chi connectivity index (χ0) is 17.8. The van der Waals surface area contributed by atoms with Gasteiger partial charge in [0.05, 0.1) is 6.42 Å². The van der Waals surface area contributed by atoms with Gasteiger partial charge in [-0.05, 0) is 49.2 Å². The van der Waals surface area contributed by atoms with Gasteiger partial charge >= 0.3 is 0 Å². The summed E-state index contributed by atoms with van der Waals surface area (Å²) in [5.41, 5.74) is 1.63. The largest absolute Gasteiger partial charge is 0.345 e. The van der Waals surface area contributed by atoms with Crippen LogP contribution in [0.3, 0.4) is 0 Å². The fourth-order valence-electron chi connectivity index (χ4n) is 3.69. The van der Waals surface area contributed by atoms with E-state index >= 15 is 0 Å². The number of amides is 1. The molecule has 0 N–H and O–H groups in total. The highest BCUT2D eigenvalue weighted by molar-refractivity contribution is 5.78. The number of likely N-dealkylation sites (tertiary alicyclic amines) is 1. The molecular weight excluding hydrogens is 317 g/mol. The van der Waals surface area contributed by atoms with E-state index in [1.165, 1.54) is 11.6 Å². The first kappa shape index (κ1) is 17.5. The summed E-state index contributed by atoms with van der Waals surface area (Å²) in [4.78, 5) is 20.8. The highest BCUT2D eigenvalue weighted by Crippen LogP contribution is 2.36.